The average Bonchev–Trinajstić information content (AvgIpc) is 3.01. The molecule has 0 radical (unpaired) electrons. The first-order chi connectivity index (χ1) is 12.2. The SMILES string of the molecule is CCCOC1CCCN(C(=O)Nc2cc(-c3ccccc3)nn2C)C1. The van der Waals surface area contributed by atoms with Gasteiger partial charge < -0.3 is 9.64 Å². The molecule has 1 aromatic carbocycles. The van der Waals surface area contributed by atoms with Gasteiger partial charge in [0.25, 0.3) is 0 Å². The molecule has 3 rings (SSSR count). The Kier molecular flexibility index (Phi) is 5.71. The molecule has 25 heavy (non-hydrogen) atoms. The number of hydrogen-bond donors (Lipinski definition) is 1. The number of anilines is 1. The van der Waals surface area contributed by atoms with E-state index >= 15 is 0 Å². The van der Waals surface area contributed by atoms with Gasteiger partial charge in [0.15, 0.2) is 0 Å². The van der Waals surface area contributed by atoms with Crippen LogP contribution < -0.4 is 5.32 Å². The van der Waals surface area contributed by atoms with Gasteiger partial charge in [0.1, 0.15) is 5.82 Å². The summed E-state index contributed by atoms with van der Waals surface area (Å²) in [4.78, 5) is 14.4. The molecule has 6 nitrogen and oxygen atoms in total. The van der Waals surface area contributed by atoms with Crippen LogP contribution in [0, 0.1) is 0 Å². The first kappa shape index (κ1) is 17.5. The minimum Gasteiger partial charge on any atom is -0.376 e. The largest absolute Gasteiger partial charge is 0.376 e. The average molecular weight is 342 g/mol. The number of nitrogens with one attached hydrogen (secondary N) is 1. The summed E-state index contributed by atoms with van der Waals surface area (Å²) in [6.45, 7) is 4.26. The number of carbonyl (C=O) groups is 1. The van der Waals surface area contributed by atoms with Gasteiger partial charge in [-0.15, -0.1) is 0 Å². The van der Waals surface area contributed by atoms with Crippen molar-refractivity contribution in [3.63, 3.8) is 0 Å². The highest BCUT2D eigenvalue weighted by molar-refractivity contribution is 5.89. The molecule has 1 atom stereocenters. The molecule has 2 aromatic rings. The number of aromatic nitrogens is 2. The van der Waals surface area contributed by atoms with E-state index in [-0.39, 0.29) is 12.1 Å². The normalized spacial score (nSPS) is 17.5. The highest BCUT2D eigenvalue weighted by atomic mass is 16.5. The van der Waals surface area contributed by atoms with Gasteiger partial charge in [-0.1, -0.05) is 37.3 Å². The van der Waals surface area contributed by atoms with Gasteiger partial charge in [-0.2, -0.15) is 5.10 Å². The Bertz CT molecular complexity index is 699. The second-order valence-corrected chi connectivity index (χ2v) is 6.42. The highest BCUT2D eigenvalue weighted by Crippen LogP contribution is 2.22. The Hall–Kier alpha value is -2.34. The molecule has 0 aliphatic carbocycles. The predicted molar refractivity (Wildman–Crippen MR) is 98.5 cm³/mol. The molecule has 0 bridgehead atoms. The van der Waals surface area contributed by atoms with Gasteiger partial charge in [-0.05, 0) is 19.3 Å². The number of likely N-dealkylation sites (tertiary alicyclic amines) is 1. The quantitative estimate of drug-likeness (QED) is 0.904. The fourth-order valence-corrected chi connectivity index (χ4v) is 3.07. The van der Waals surface area contributed by atoms with Gasteiger partial charge in [-0.25, -0.2) is 4.79 Å². The van der Waals surface area contributed by atoms with E-state index in [1.807, 2.05) is 48.3 Å². The Morgan fingerprint density at radius 1 is 1.36 bits per heavy atom. The Labute approximate surface area is 148 Å². The number of urea groups is 1. The van der Waals surface area contributed by atoms with Crippen LogP contribution in [0.2, 0.25) is 0 Å². The van der Waals surface area contributed by atoms with Crippen LogP contribution >= 0.6 is 0 Å². The monoisotopic (exact) mass is 342 g/mol. The zero-order valence-corrected chi connectivity index (χ0v) is 14.9. The zero-order valence-electron chi connectivity index (χ0n) is 14.9. The smallest absolute Gasteiger partial charge is 0.323 e. The van der Waals surface area contributed by atoms with Gasteiger partial charge >= 0.3 is 6.03 Å². The molecule has 2 heterocycles. The van der Waals surface area contributed by atoms with Crippen LogP contribution in [0.3, 0.4) is 0 Å². The molecule has 1 aromatic heterocycles. The molecule has 0 spiro atoms. The lowest BCUT2D eigenvalue weighted by Crippen LogP contribution is -2.45. The van der Waals surface area contributed by atoms with Crippen LogP contribution in [0.25, 0.3) is 11.3 Å². The second-order valence-electron chi connectivity index (χ2n) is 6.42. The van der Waals surface area contributed by atoms with Crippen molar-refractivity contribution in [2.45, 2.75) is 32.3 Å². The van der Waals surface area contributed by atoms with Crippen LogP contribution in [0.4, 0.5) is 10.6 Å². The molecule has 6 heteroatoms. The number of rotatable bonds is 5. The number of carbonyl (C=O) groups excluding carboxylic acids is 1. The standard InChI is InChI=1S/C19H26N4O2/c1-3-12-25-16-10-7-11-23(14-16)19(24)20-18-13-17(21-22(18)2)15-8-5-4-6-9-15/h4-6,8-9,13,16H,3,7,10-12,14H2,1-2H3,(H,20,24). The summed E-state index contributed by atoms with van der Waals surface area (Å²) in [6, 6.07) is 11.8. The third-order valence-electron chi connectivity index (χ3n) is 4.41. The van der Waals surface area contributed by atoms with Crippen LogP contribution in [0.5, 0.6) is 0 Å². The van der Waals surface area contributed by atoms with Crippen molar-refractivity contribution in [3.8, 4) is 11.3 Å². The minimum atomic E-state index is -0.0904. The molecule has 1 aliphatic rings. The summed E-state index contributed by atoms with van der Waals surface area (Å²) in [7, 11) is 1.84. The summed E-state index contributed by atoms with van der Waals surface area (Å²) >= 11 is 0. The van der Waals surface area contributed by atoms with Crippen LogP contribution in [0.1, 0.15) is 26.2 Å². The van der Waals surface area contributed by atoms with Crippen molar-refractivity contribution in [3.05, 3.63) is 36.4 Å². The number of nitrogens with zero attached hydrogens (tertiary/aromatic N) is 3. The van der Waals surface area contributed by atoms with Crippen molar-refractivity contribution < 1.29 is 9.53 Å². The van der Waals surface area contributed by atoms with Gasteiger partial charge in [-0.3, -0.25) is 10.00 Å². The zero-order chi connectivity index (χ0) is 17.6. The Balaban J connectivity index is 1.64. The fraction of sp³-hybridized carbons (Fsp3) is 0.474. The van der Waals surface area contributed by atoms with E-state index in [4.69, 9.17) is 4.74 Å². The third-order valence-corrected chi connectivity index (χ3v) is 4.41. The van der Waals surface area contributed by atoms with Crippen molar-refractivity contribution in [2.24, 2.45) is 7.05 Å². The van der Waals surface area contributed by atoms with Crippen molar-refractivity contribution in [1.29, 1.82) is 0 Å². The summed E-state index contributed by atoms with van der Waals surface area (Å²) in [5.74, 6) is 0.695. The molecule has 2 amide bonds. The number of amides is 2. The first-order valence-corrected chi connectivity index (χ1v) is 8.94. The summed E-state index contributed by atoms with van der Waals surface area (Å²) in [5, 5.41) is 7.47. The molecule has 1 saturated heterocycles. The van der Waals surface area contributed by atoms with Crippen LogP contribution in [-0.2, 0) is 11.8 Å². The first-order valence-electron chi connectivity index (χ1n) is 8.94. The molecular formula is C19H26N4O2. The minimum absolute atomic E-state index is 0.0904. The maximum atomic E-state index is 12.6. The van der Waals surface area contributed by atoms with Gasteiger partial charge in [0.05, 0.1) is 11.8 Å². The number of hydrogen-bond acceptors (Lipinski definition) is 3. The Morgan fingerprint density at radius 2 is 2.16 bits per heavy atom. The van der Waals surface area contributed by atoms with Crippen LogP contribution in [0.15, 0.2) is 36.4 Å². The lowest BCUT2D eigenvalue weighted by atomic mass is 10.1. The van der Waals surface area contributed by atoms with E-state index in [1.54, 1.807) is 4.68 Å². The van der Waals surface area contributed by atoms with Gasteiger partial charge in [0, 0.05) is 38.4 Å². The second kappa shape index (κ2) is 8.16. The number of ether oxygens (including phenoxy) is 1. The predicted octanol–water partition coefficient (Wildman–Crippen LogP) is 3.51. The van der Waals surface area contributed by atoms with Crippen LogP contribution in [-0.4, -0.2) is 46.5 Å². The maximum absolute atomic E-state index is 12.6. The lowest BCUT2D eigenvalue weighted by Gasteiger charge is -2.32. The van der Waals surface area contributed by atoms with E-state index in [0.717, 1.165) is 43.7 Å². The third kappa shape index (κ3) is 4.39. The van der Waals surface area contributed by atoms with E-state index in [1.165, 1.54) is 0 Å². The number of aryl methyl sites for hydroxylation is 1. The van der Waals surface area contributed by atoms with Crippen molar-refractivity contribution in [2.75, 3.05) is 25.0 Å². The van der Waals surface area contributed by atoms with Gasteiger partial charge in [0.2, 0.25) is 0 Å². The molecule has 134 valence electrons. The molecule has 0 saturated carbocycles. The summed E-state index contributed by atoms with van der Waals surface area (Å²) < 4.78 is 7.51. The Morgan fingerprint density at radius 3 is 2.92 bits per heavy atom. The molecular weight excluding hydrogens is 316 g/mol. The topological polar surface area (TPSA) is 59.4 Å². The van der Waals surface area contributed by atoms with E-state index in [9.17, 15) is 4.79 Å². The summed E-state index contributed by atoms with van der Waals surface area (Å²) in [6.07, 6.45) is 3.14. The number of benzene rings is 1. The summed E-state index contributed by atoms with van der Waals surface area (Å²) in [5.41, 5.74) is 1.88. The highest BCUT2D eigenvalue weighted by Gasteiger charge is 2.24. The van der Waals surface area contributed by atoms with Crippen molar-refractivity contribution >= 4 is 11.8 Å². The van der Waals surface area contributed by atoms with E-state index in [2.05, 4.69) is 17.3 Å². The molecule has 1 aliphatic heterocycles. The maximum Gasteiger partial charge on any atom is 0.323 e. The molecule has 1 N–H and O–H groups in total. The van der Waals surface area contributed by atoms with Crippen molar-refractivity contribution in [1.82, 2.24) is 14.7 Å². The lowest BCUT2D eigenvalue weighted by molar-refractivity contribution is 0.0115. The van der Waals surface area contributed by atoms with E-state index in [0.29, 0.717) is 12.4 Å². The number of piperidine rings is 1. The van der Waals surface area contributed by atoms with E-state index < -0.39 is 0 Å². The molecule has 1 fully saturated rings. The fourth-order valence-electron chi connectivity index (χ4n) is 3.07. The molecule has 1 unspecified atom stereocenters.